The molecule has 4 amide bonds. The van der Waals surface area contributed by atoms with Crippen molar-refractivity contribution in [3.63, 3.8) is 0 Å². The zero-order valence-electron chi connectivity index (χ0n) is 33.1. The summed E-state index contributed by atoms with van der Waals surface area (Å²) >= 11 is 12.7. The molecule has 6 unspecified atom stereocenters. The molecule has 62 heavy (non-hydrogen) atoms. The van der Waals surface area contributed by atoms with Crippen LogP contribution in [0.5, 0.6) is 17.2 Å². The van der Waals surface area contributed by atoms with E-state index in [9.17, 15) is 27.9 Å². The number of rotatable bonds is 8. The Balaban J connectivity index is 1.20. The van der Waals surface area contributed by atoms with Gasteiger partial charge in [0.2, 0.25) is 11.8 Å². The number of allylic oxidation sites excluding steroid dienone is 2. The molecule has 9 rings (SSSR count). The number of fused-ring (bicyclic) bond motifs is 4. The number of benzene rings is 3. The van der Waals surface area contributed by atoms with Gasteiger partial charge in [0.25, 0.3) is 11.8 Å². The standard InChI is InChI=1S/C44H38Cl2F3N5O8/c1-60-33-18-27(55)19-34(61-2)36(33)37-28-11-12-29-35(41(58)53(39(29)56)26-9-7-25(8-10-26)52-13-15-62-16-14-52)30(28)20-31-40(57)54(42(59)43(31,37)22-3-5-24(45)6-4-22)51-38-32(46)17-23(21-50-38)44(47,48)49/h3-11,17-19,21,29-31,35,37,55H,12-16,20H2,1-2H3,(H,50,51). The van der Waals surface area contributed by atoms with Gasteiger partial charge >= 0.3 is 6.18 Å². The lowest BCUT2D eigenvalue weighted by Gasteiger charge is -2.51. The second kappa shape index (κ2) is 15.5. The van der Waals surface area contributed by atoms with Crippen LogP contribution in [0.15, 0.2) is 84.6 Å². The van der Waals surface area contributed by atoms with E-state index in [4.69, 9.17) is 37.4 Å². The zero-order valence-corrected chi connectivity index (χ0v) is 34.6. The van der Waals surface area contributed by atoms with Crippen LogP contribution in [0, 0.1) is 23.7 Å². The fourth-order valence-electron chi connectivity index (χ4n) is 10.2. The number of hydrazine groups is 1. The summed E-state index contributed by atoms with van der Waals surface area (Å²) in [7, 11) is 2.73. The molecule has 4 heterocycles. The summed E-state index contributed by atoms with van der Waals surface area (Å²) in [6.45, 7) is 2.55. The van der Waals surface area contributed by atoms with Gasteiger partial charge in [-0.2, -0.15) is 18.2 Å². The second-order valence-electron chi connectivity index (χ2n) is 15.8. The summed E-state index contributed by atoms with van der Waals surface area (Å²) in [4.78, 5) is 67.1. The number of halogens is 5. The van der Waals surface area contributed by atoms with Crippen LogP contribution in [-0.2, 0) is 35.5 Å². The number of hydrogen-bond acceptors (Lipinski definition) is 11. The number of carbonyl (C=O) groups excluding carboxylic acids is 4. The quantitative estimate of drug-likeness (QED) is 0.137. The van der Waals surface area contributed by atoms with Crippen molar-refractivity contribution in [2.24, 2.45) is 23.7 Å². The fraction of sp³-hybridized carbons (Fsp3) is 0.341. The Hall–Kier alpha value is -5.84. The van der Waals surface area contributed by atoms with E-state index in [1.165, 1.54) is 31.3 Å². The predicted octanol–water partition coefficient (Wildman–Crippen LogP) is 7.16. The molecular formula is C44H38Cl2F3N5O8. The first-order valence-electron chi connectivity index (χ1n) is 19.8. The summed E-state index contributed by atoms with van der Waals surface area (Å²) in [5.74, 6) is -7.94. The monoisotopic (exact) mass is 891 g/mol. The summed E-state index contributed by atoms with van der Waals surface area (Å²) < 4.78 is 58.0. The largest absolute Gasteiger partial charge is 0.508 e. The molecule has 3 aliphatic heterocycles. The minimum atomic E-state index is -4.78. The number of aromatic nitrogens is 1. The van der Waals surface area contributed by atoms with Crippen LogP contribution >= 0.6 is 23.2 Å². The molecule has 4 aromatic rings. The van der Waals surface area contributed by atoms with E-state index in [-0.39, 0.29) is 35.7 Å². The van der Waals surface area contributed by atoms with Crippen molar-refractivity contribution in [1.82, 2.24) is 9.99 Å². The number of nitrogens with one attached hydrogen (secondary N) is 1. The first-order chi connectivity index (χ1) is 29.7. The van der Waals surface area contributed by atoms with Gasteiger partial charge in [0.15, 0.2) is 5.82 Å². The Morgan fingerprint density at radius 2 is 1.52 bits per heavy atom. The lowest BCUT2D eigenvalue weighted by molar-refractivity contribution is -0.139. The van der Waals surface area contributed by atoms with Crippen LogP contribution in [0.25, 0.3) is 0 Å². The molecule has 0 spiro atoms. The number of pyridine rings is 1. The maximum absolute atomic E-state index is 15.6. The highest BCUT2D eigenvalue weighted by Gasteiger charge is 2.71. The number of methoxy groups -OCH3 is 2. The molecule has 0 bridgehead atoms. The Morgan fingerprint density at radius 1 is 0.871 bits per heavy atom. The number of nitrogens with zero attached hydrogens (tertiary/aromatic N) is 4. The molecule has 5 aliphatic rings. The number of imide groups is 2. The number of hydrogen-bond donors (Lipinski definition) is 2. The second-order valence-corrected chi connectivity index (χ2v) is 16.7. The molecule has 1 saturated carbocycles. The van der Waals surface area contributed by atoms with E-state index < -0.39 is 81.2 Å². The predicted molar refractivity (Wildman–Crippen MR) is 220 cm³/mol. The van der Waals surface area contributed by atoms with E-state index in [1.807, 2.05) is 18.2 Å². The summed E-state index contributed by atoms with van der Waals surface area (Å²) in [6.07, 6.45) is -2.40. The Bertz CT molecular complexity index is 2510. The molecule has 4 fully saturated rings. The van der Waals surface area contributed by atoms with E-state index >= 15 is 9.59 Å². The number of amides is 4. The maximum Gasteiger partial charge on any atom is 0.417 e. The van der Waals surface area contributed by atoms with Gasteiger partial charge in [-0.3, -0.25) is 29.5 Å². The van der Waals surface area contributed by atoms with Gasteiger partial charge in [-0.25, -0.2) is 4.98 Å². The van der Waals surface area contributed by atoms with Gasteiger partial charge in [-0.15, -0.1) is 0 Å². The van der Waals surface area contributed by atoms with Gasteiger partial charge in [0.1, 0.15) is 17.2 Å². The molecule has 18 heteroatoms. The summed E-state index contributed by atoms with van der Waals surface area (Å²) in [5.41, 5.74) is 2.07. The Kier molecular flexibility index (Phi) is 10.4. The third-order valence-corrected chi connectivity index (χ3v) is 13.4. The van der Waals surface area contributed by atoms with Crippen molar-refractivity contribution in [2.45, 2.75) is 30.4 Å². The van der Waals surface area contributed by atoms with E-state index in [1.54, 1.807) is 36.4 Å². The number of ether oxygens (including phenoxy) is 3. The van der Waals surface area contributed by atoms with Gasteiger partial charge in [-0.1, -0.05) is 47.0 Å². The van der Waals surface area contributed by atoms with Crippen molar-refractivity contribution >= 4 is 64.0 Å². The van der Waals surface area contributed by atoms with Gasteiger partial charge < -0.3 is 24.2 Å². The van der Waals surface area contributed by atoms with E-state index in [2.05, 4.69) is 15.3 Å². The molecule has 2 N–H and O–H groups in total. The molecule has 2 aliphatic carbocycles. The molecule has 3 aromatic carbocycles. The van der Waals surface area contributed by atoms with Crippen LogP contribution in [0.1, 0.15) is 35.4 Å². The minimum Gasteiger partial charge on any atom is -0.508 e. The Labute approximate surface area is 362 Å². The highest BCUT2D eigenvalue weighted by Crippen LogP contribution is 2.66. The SMILES string of the molecule is COc1cc(O)cc(OC)c1C1C2=CCC3C(=O)N(c4ccc(N5CCOCC5)cc4)C(=O)C3C2CC2C(=O)N(Nc3ncc(C(F)(F)F)cc3Cl)C(=O)C21c1ccc(Cl)cc1. The normalized spacial score (nSPS) is 26.0. The number of aromatic hydroxyl groups is 1. The van der Waals surface area contributed by atoms with Crippen molar-refractivity contribution in [3.05, 3.63) is 111 Å². The van der Waals surface area contributed by atoms with Gasteiger partial charge in [-0.05, 0) is 66.8 Å². The van der Waals surface area contributed by atoms with Crippen molar-refractivity contribution in [3.8, 4) is 17.2 Å². The van der Waals surface area contributed by atoms with Crippen LogP contribution < -0.4 is 24.7 Å². The third kappa shape index (κ3) is 6.44. The number of alkyl halides is 3. The molecule has 3 saturated heterocycles. The smallest absolute Gasteiger partial charge is 0.417 e. The summed E-state index contributed by atoms with van der Waals surface area (Å²) in [6, 6.07) is 16.8. The number of carbonyl (C=O) groups is 4. The lowest BCUT2D eigenvalue weighted by Crippen LogP contribution is -2.53. The van der Waals surface area contributed by atoms with E-state index in [0.29, 0.717) is 65.4 Å². The molecule has 0 radical (unpaired) electrons. The molecule has 6 atom stereocenters. The number of phenolic OH excluding ortho intramolecular Hbond substituents is 1. The van der Waals surface area contributed by atoms with Crippen LogP contribution in [0.3, 0.4) is 0 Å². The first-order valence-corrected chi connectivity index (χ1v) is 20.5. The maximum atomic E-state index is 15.6. The number of phenols is 1. The molecular weight excluding hydrogens is 854 g/mol. The molecule has 13 nitrogen and oxygen atoms in total. The Morgan fingerprint density at radius 3 is 2.13 bits per heavy atom. The summed E-state index contributed by atoms with van der Waals surface area (Å²) in [5, 5.41) is 11.3. The first kappa shape index (κ1) is 41.5. The van der Waals surface area contributed by atoms with Crippen LogP contribution in [-0.4, -0.2) is 79.3 Å². The topological polar surface area (TPSA) is 151 Å². The van der Waals surface area contributed by atoms with Crippen molar-refractivity contribution in [2.75, 3.05) is 55.7 Å². The van der Waals surface area contributed by atoms with Crippen LogP contribution in [0.4, 0.5) is 30.4 Å². The van der Waals surface area contributed by atoms with Crippen molar-refractivity contribution < 1.29 is 51.7 Å². The fourth-order valence-corrected chi connectivity index (χ4v) is 10.5. The van der Waals surface area contributed by atoms with Gasteiger partial charge in [0, 0.05) is 53.6 Å². The van der Waals surface area contributed by atoms with Gasteiger partial charge in [0.05, 0.1) is 66.9 Å². The average Bonchev–Trinajstić information content (AvgIpc) is 3.64. The average molecular weight is 893 g/mol. The third-order valence-electron chi connectivity index (χ3n) is 12.9. The highest BCUT2D eigenvalue weighted by molar-refractivity contribution is 6.33. The number of anilines is 3. The van der Waals surface area contributed by atoms with E-state index in [0.717, 1.165) is 5.69 Å². The zero-order chi connectivity index (χ0) is 43.8. The van der Waals surface area contributed by atoms with Crippen molar-refractivity contribution in [1.29, 1.82) is 0 Å². The highest BCUT2D eigenvalue weighted by atomic mass is 35.5. The minimum absolute atomic E-state index is 0.0949. The number of morpholine rings is 1. The molecule has 1 aromatic heterocycles. The lowest BCUT2D eigenvalue weighted by atomic mass is 9.49. The molecule has 322 valence electrons. The van der Waals surface area contributed by atoms with Crippen LogP contribution in [0.2, 0.25) is 10.0 Å².